The average Bonchev–Trinajstić information content (AvgIpc) is 3.34. The van der Waals surface area contributed by atoms with Crippen LogP contribution in [0.1, 0.15) is 56.1 Å². The molecule has 0 bridgehead atoms. The van der Waals surface area contributed by atoms with Gasteiger partial charge < -0.3 is 18.8 Å². The molecule has 0 saturated heterocycles. The summed E-state index contributed by atoms with van der Waals surface area (Å²) in [5.74, 6) is 0.645. The van der Waals surface area contributed by atoms with Crippen LogP contribution in [0.15, 0.2) is 29.2 Å². The van der Waals surface area contributed by atoms with E-state index < -0.39 is 11.3 Å². The zero-order valence-corrected chi connectivity index (χ0v) is 21.3. The molecule has 3 heterocycles. The molecule has 0 fully saturated rings. The number of nitrogens with one attached hydrogen (secondary N) is 2. The lowest BCUT2D eigenvalue weighted by Gasteiger charge is -2.39. The van der Waals surface area contributed by atoms with Crippen LogP contribution >= 0.6 is 0 Å². The second-order valence-corrected chi connectivity index (χ2v) is 9.68. The lowest BCUT2D eigenvalue weighted by Crippen LogP contribution is -2.33. The lowest BCUT2D eigenvalue weighted by atomic mass is 9.78. The van der Waals surface area contributed by atoms with Crippen molar-refractivity contribution in [2.24, 2.45) is 5.41 Å². The van der Waals surface area contributed by atoms with E-state index in [1.54, 1.807) is 13.3 Å². The topological polar surface area (TPSA) is 133 Å². The number of ether oxygens (including phenoxy) is 3. The number of fused-ring (bicyclic) bond motifs is 3. The number of carbonyl (C=O) groups is 1. The van der Waals surface area contributed by atoms with Crippen LogP contribution in [0.2, 0.25) is 0 Å². The Bertz CT molecular complexity index is 1280. The summed E-state index contributed by atoms with van der Waals surface area (Å²) in [5, 5.41) is 15.6. The summed E-state index contributed by atoms with van der Waals surface area (Å²) >= 11 is 0. The van der Waals surface area contributed by atoms with Crippen LogP contribution in [0.4, 0.5) is 5.95 Å². The minimum atomic E-state index is -0.594. The molecule has 3 aromatic rings. The van der Waals surface area contributed by atoms with Gasteiger partial charge in [-0.1, -0.05) is 25.9 Å². The van der Waals surface area contributed by atoms with E-state index in [1.807, 2.05) is 23.6 Å². The molecule has 4 rings (SSSR count). The van der Waals surface area contributed by atoms with E-state index in [0.29, 0.717) is 37.7 Å². The highest BCUT2D eigenvalue weighted by Gasteiger charge is 2.34. The number of tetrazole rings is 1. The van der Waals surface area contributed by atoms with Gasteiger partial charge in [-0.25, -0.2) is 0 Å². The van der Waals surface area contributed by atoms with Gasteiger partial charge in [-0.3, -0.25) is 14.9 Å². The first-order valence-corrected chi connectivity index (χ1v) is 12.0. The zero-order valence-electron chi connectivity index (χ0n) is 21.3. The van der Waals surface area contributed by atoms with Gasteiger partial charge in [0, 0.05) is 43.5 Å². The van der Waals surface area contributed by atoms with Crippen molar-refractivity contribution in [2.45, 2.75) is 46.6 Å². The van der Waals surface area contributed by atoms with Gasteiger partial charge in [0.1, 0.15) is 5.56 Å². The van der Waals surface area contributed by atoms with E-state index in [1.165, 1.54) is 6.07 Å². The number of anilines is 1. The Hall–Kier alpha value is -3.73. The predicted molar refractivity (Wildman–Crippen MR) is 134 cm³/mol. The fourth-order valence-corrected chi connectivity index (χ4v) is 4.38. The summed E-state index contributed by atoms with van der Waals surface area (Å²) < 4.78 is 19.1. The van der Waals surface area contributed by atoms with Crippen molar-refractivity contribution in [3.05, 3.63) is 45.7 Å². The third-order valence-corrected chi connectivity index (χ3v) is 6.20. The third-order valence-electron chi connectivity index (χ3n) is 6.20. The number of benzene rings is 1. The highest BCUT2D eigenvalue weighted by Crippen LogP contribution is 2.45. The highest BCUT2D eigenvalue weighted by molar-refractivity contribution is 6.03. The molecular formula is C25H32N6O5. The lowest BCUT2D eigenvalue weighted by molar-refractivity contribution is 0.102. The Morgan fingerprint density at radius 2 is 2.03 bits per heavy atom. The Morgan fingerprint density at radius 3 is 2.69 bits per heavy atom. The monoisotopic (exact) mass is 496 g/mol. The molecule has 1 amide bonds. The summed E-state index contributed by atoms with van der Waals surface area (Å²) in [4.78, 5) is 25.9. The molecule has 1 atom stereocenters. The van der Waals surface area contributed by atoms with Crippen LogP contribution in [0.25, 0.3) is 11.3 Å². The zero-order chi connectivity index (χ0) is 25.9. The molecule has 192 valence electrons. The van der Waals surface area contributed by atoms with Crippen molar-refractivity contribution >= 4 is 11.9 Å². The summed E-state index contributed by atoms with van der Waals surface area (Å²) in [6.45, 7) is 10.2. The van der Waals surface area contributed by atoms with Gasteiger partial charge in [-0.2, -0.15) is 5.21 Å². The van der Waals surface area contributed by atoms with Gasteiger partial charge in [0.2, 0.25) is 0 Å². The van der Waals surface area contributed by atoms with E-state index in [0.717, 1.165) is 23.2 Å². The molecule has 11 nitrogen and oxygen atoms in total. The first-order chi connectivity index (χ1) is 17.2. The van der Waals surface area contributed by atoms with Crippen LogP contribution in [0.5, 0.6) is 11.5 Å². The van der Waals surface area contributed by atoms with Crippen molar-refractivity contribution in [3.8, 4) is 22.8 Å². The van der Waals surface area contributed by atoms with Gasteiger partial charge in [-0.15, -0.1) is 5.10 Å². The molecule has 0 saturated carbocycles. The fourth-order valence-electron chi connectivity index (χ4n) is 4.38. The second kappa shape index (κ2) is 10.5. The Labute approximate surface area is 209 Å². The normalized spacial score (nSPS) is 14.6. The van der Waals surface area contributed by atoms with Gasteiger partial charge in [0.25, 0.3) is 11.9 Å². The number of hydrogen-bond acceptors (Lipinski definition) is 8. The van der Waals surface area contributed by atoms with Crippen LogP contribution in [-0.2, 0) is 11.2 Å². The number of aromatic nitrogens is 5. The molecule has 2 N–H and O–H groups in total. The van der Waals surface area contributed by atoms with Crippen molar-refractivity contribution in [2.75, 3.05) is 32.2 Å². The minimum absolute atomic E-state index is 0.00152. The number of H-pyrrole nitrogens is 1. The van der Waals surface area contributed by atoms with Crippen LogP contribution in [0, 0.1) is 5.41 Å². The Balaban J connectivity index is 1.74. The van der Waals surface area contributed by atoms with E-state index in [2.05, 4.69) is 46.7 Å². The molecule has 0 aliphatic carbocycles. The Kier molecular flexibility index (Phi) is 7.39. The highest BCUT2D eigenvalue weighted by atomic mass is 16.5. The van der Waals surface area contributed by atoms with Gasteiger partial charge in [0.15, 0.2) is 16.9 Å². The molecule has 0 spiro atoms. The number of hydrogen-bond donors (Lipinski definition) is 2. The second-order valence-electron chi connectivity index (χ2n) is 9.68. The van der Waals surface area contributed by atoms with Gasteiger partial charge in [0.05, 0.1) is 19.4 Å². The number of nitrogens with zero attached hydrogens (tertiary/aromatic N) is 4. The smallest absolute Gasteiger partial charge is 0.270 e. The first-order valence-electron chi connectivity index (χ1n) is 12.0. The van der Waals surface area contributed by atoms with Gasteiger partial charge >= 0.3 is 0 Å². The number of pyridine rings is 1. The average molecular weight is 497 g/mol. The van der Waals surface area contributed by atoms with E-state index in [-0.39, 0.29) is 23.0 Å². The van der Waals surface area contributed by atoms with Crippen molar-refractivity contribution in [1.29, 1.82) is 0 Å². The Morgan fingerprint density at radius 1 is 1.22 bits per heavy atom. The van der Waals surface area contributed by atoms with Crippen LogP contribution < -0.4 is 20.2 Å². The van der Waals surface area contributed by atoms with Crippen molar-refractivity contribution in [1.82, 2.24) is 25.2 Å². The largest absolute Gasteiger partial charge is 0.493 e. The molecule has 11 heteroatoms. The standard InChI is InChI=1S/C25H32N6O5/c1-6-35-8-7-9-36-21-10-15-11-22(25(2,3)4)31-14-17(23(33)26-24-27-29-30-28-24)19(32)13-18(31)16(15)12-20(21)34-5/h10,12-14,22H,6-9,11H2,1-5H3,(H2,26,27,28,29,30,33). The number of methoxy groups -OCH3 is 1. The summed E-state index contributed by atoms with van der Waals surface area (Å²) in [7, 11) is 1.59. The molecule has 2 aromatic heterocycles. The SMILES string of the molecule is CCOCCCOc1cc2c(cc1OC)-c1cc(=O)c(C(=O)Nc3nn[nH]n3)cn1C(C(C)(C)C)C2. The van der Waals surface area contributed by atoms with E-state index in [9.17, 15) is 9.59 Å². The number of amides is 1. The van der Waals surface area contributed by atoms with Crippen molar-refractivity contribution < 1.29 is 19.0 Å². The maximum atomic E-state index is 13.1. The molecule has 1 aliphatic heterocycles. The molecular weight excluding hydrogens is 464 g/mol. The number of aromatic amines is 1. The van der Waals surface area contributed by atoms with Crippen LogP contribution in [-0.4, -0.2) is 58.0 Å². The molecule has 1 aliphatic rings. The van der Waals surface area contributed by atoms with Crippen LogP contribution in [0.3, 0.4) is 0 Å². The van der Waals surface area contributed by atoms with Crippen molar-refractivity contribution in [3.63, 3.8) is 0 Å². The number of carbonyl (C=O) groups excluding carboxylic acids is 1. The van der Waals surface area contributed by atoms with Gasteiger partial charge in [-0.05, 0) is 41.7 Å². The summed E-state index contributed by atoms with van der Waals surface area (Å²) in [6.07, 6.45) is 3.09. The van der Waals surface area contributed by atoms with E-state index in [4.69, 9.17) is 14.2 Å². The fraction of sp³-hybridized carbons (Fsp3) is 0.480. The third kappa shape index (κ3) is 5.25. The quantitative estimate of drug-likeness (QED) is 0.431. The molecule has 1 unspecified atom stereocenters. The predicted octanol–water partition coefficient (Wildman–Crippen LogP) is 3.24. The molecule has 36 heavy (non-hydrogen) atoms. The molecule has 0 radical (unpaired) electrons. The van der Waals surface area contributed by atoms with E-state index >= 15 is 0 Å². The summed E-state index contributed by atoms with van der Waals surface area (Å²) in [5.41, 5.74) is 2.08. The maximum Gasteiger partial charge on any atom is 0.270 e. The maximum absolute atomic E-state index is 13.1. The first kappa shape index (κ1) is 25.4. The summed E-state index contributed by atoms with van der Waals surface area (Å²) in [6, 6.07) is 5.38. The number of rotatable bonds is 9. The minimum Gasteiger partial charge on any atom is -0.493 e. The molecule has 1 aromatic carbocycles.